The maximum absolute atomic E-state index is 5.34. The Morgan fingerprint density at radius 1 is 1.55 bits per heavy atom. The van der Waals surface area contributed by atoms with Crippen LogP contribution in [0.4, 0.5) is 0 Å². The summed E-state index contributed by atoms with van der Waals surface area (Å²) in [5.41, 5.74) is 0. The van der Waals surface area contributed by atoms with Gasteiger partial charge in [-0.2, -0.15) is 0 Å². The summed E-state index contributed by atoms with van der Waals surface area (Å²) in [4.78, 5) is 0. The topological polar surface area (TPSA) is 9.23 Å². The first-order valence-corrected chi connectivity index (χ1v) is 5.15. The highest BCUT2D eigenvalue weighted by atomic mass is 127. The molecule has 0 amide bonds. The van der Waals surface area contributed by atoms with E-state index in [0.717, 1.165) is 6.42 Å². The summed E-state index contributed by atoms with van der Waals surface area (Å²) in [5, 5.41) is 0. The summed E-state index contributed by atoms with van der Waals surface area (Å²) in [7, 11) is 1.77. The minimum atomic E-state index is 0.327. The monoisotopic (exact) mass is 268 g/mol. The van der Waals surface area contributed by atoms with Gasteiger partial charge in [0.2, 0.25) is 0 Å². The molecule has 0 aromatic rings. The van der Waals surface area contributed by atoms with Crippen LogP contribution in [0.3, 0.4) is 0 Å². The molecule has 0 unspecified atom stereocenters. The molecule has 11 heavy (non-hydrogen) atoms. The molecule has 0 aromatic heterocycles. The van der Waals surface area contributed by atoms with Gasteiger partial charge in [0, 0.05) is 11.0 Å². The molecular formula is C9H17IO. The fourth-order valence-corrected chi connectivity index (χ4v) is 1.54. The van der Waals surface area contributed by atoms with Crippen LogP contribution >= 0.6 is 22.6 Å². The molecule has 0 radical (unpaired) electrons. The Bertz CT molecular complexity index is 112. The molecule has 0 N–H and O–H groups in total. The molecule has 2 atom stereocenters. The molecule has 0 saturated heterocycles. The van der Waals surface area contributed by atoms with Gasteiger partial charge in [-0.05, 0) is 12.3 Å². The van der Waals surface area contributed by atoms with Crippen LogP contribution in [0, 0.1) is 5.92 Å². The molecule has 0 heterocycles. The zero-order valence-electron chi connectivity index (χ0n) is 7.51. The average molecular weight is 268 g/mol. The second-order valence-electron chi connectivity index (χ2n) is 2.99. The quantitative estimate of drug-likeness (QED) is 0.423. The SMILES string of the molecule is C=CC[C@H](OC)[C@H](I)C(C)C. The van der Waals surface area contributed by atoms with Gasteiger partial charge in [-0.1, -0.05) is 42.5 Å². The van der Waals surface area contributed by atoms with E-state index in [4.69, 9.17) is 4.74 Å². The standard InChI is InChI=1S/C9H17IO/c1-5-6-8(11-4)9(10)7(2)3/h5,7-9H,1,6H2,2-4H3/t8-,9+/m0/s1. The van der Waals surface area contributed by atoms with Gasteiger partial charge in [-0.15, -0.1) is 6.58 Å². The van der Waals surface area contributed by atoms with Crippen LogP contribution in [0.5, 0.6) is 0 Å². The minimum Gasteiger partial charge on any atom is -0.380 e. The third-order valence-corrected chi connectivity index (χ3v) is 3.93. The molecule has 1 nitrogen and oxygen atoms in total. The van der Waals surface area contributed by atoms with Gasteiger partial charge in [0.15, 0.2) is 0 Å². The van der Waals surface area contributed by atoms with Crippen LogP contribution in [0.1, 0.15) is 20.3 Å². The second kappa shape index (κ2) is 6.00. The van der Waals surface area contributed by atoms with Crippen molar-refractivity contribution in [1.29, 1.82) is 0 Å². The van der Waals surface area contributed by atoms with Crippen molar-refractivity contribution in [3.8, 4) is 0 Å². The predicted octanol–water partition coefficient (Wildman–Crippen LogP) is 3.04. The lowest BCUT2D eigenvalue weighted by Gasteiger charge is -2.22. The molecule has 0 aliphatic carbocycles. The summed E-state index contributed by atoms with van der Waals surface area (Å²) >= 11 is 2.44. The van der Waals surface area contributed by atoms with Crippen molar-refractivity contribution in [2.24, 2.45) is 5.92 Å². The van der Waals surface area contributed by atoms with E-state index in [9.17, 15) is 0 Å². The average Bonchev–Trinajstić information content (AvgIpc) is 1.98. The van der Waals surface area contributed by atoms with Crippen LogP contribution in [-0.4, -0.2) is 17.1 Å². The Labute approximate surface area is 83.3 Å². The van der Waals surface area contributed by atoms with Crippen molar-refractivity contribution in [3.05, 3.63) is 12.7 Å². The number of rotatable bonds is 5. The lowest BCUT2D eigenvalue weighted by molar-refractivity contribution is 0.0969. The summed E-state index contributed by atoms with van der Waals surface area (Å²) in [6, 6.07) is 0. The molecule has 0 spiro atoms. The number of methoxy groups -OCH3 is 1. The van der Waals surface area contributed by atoms with Crippen LogP contribution in [0.15, 0.2) is 12.7 Å². The van der Waals surface area contributed by atoms with Crippen molar-refractivity contribution in [1.82, 2.24) is 0 Å². The molecule has 0 aliphatic rings. The maximum atomic E-state index is 5.34. The molecule has 0 aliphatic heterocycles. The third-order valence-electron chi connectivity index (χ3n) is 1.69. The lowest BCUT2D eigenvalue weighted by atomic mass is 10.0. The first-order valence-electron chi connectivity index (χ1n) is 3.91. The Kier molecular flexibility index (Phi) is 6.24. The first kappa shape index (κ1) is 11.4. The van der Waals surface area contributed by atoms with E-state index < -0.39 is 0 Å². The van der Waals surface area contributed by atoms with E-state index in [2.05, 4.69) is 43.0 Å². The zero-order chi connectivity index (χ0) is 8.85. The van der Waals surface area contributed by atoms with Gasteiger partial charge < -0.3 is 4.74 Å². The maximum Gasteiger partial charge on any atom is 0.0725 e. The third kappa shape index (κ3) is 4.11. The van der Waals surface area contributed by atoms with Crippen molar-refractivity contribution in [3.63, 3.8) is 0 Å². The minimum absolute atomic E-state index is 0.327. The van der Waals surface area contributed by atoms with E-state index in [1.54, 1.807) is 7.11 Å². The van der Waals surface area contributed by atoms with Crippen LogP contribution in [0.2, 0.25) is 0 Å². The fourth-order valence-electron chi connectivity index (χ4n) is 0.950. The zero-order valence-corrected chi connectivity index (χ0v) is 9.67. The largest absolute Gasteiger partial charge is 0.380 e. The highest BCUT2D eigenvalue weighted by molar-refractivity contribution is 14.1. The molecule has 0 fully saturated rings. The van der Waals surface area contributed by atoms with Crippen molar-refractivity contribution >= 4 is 22.6 Å². The van der Waals surface area contributed by atoms with Crippen molar-refractivity contribution < 1.29 is 4.74 Å². The Hall–Kier alpha value is 0.430. The smallest absolute Gasteiger partial charge is 0.0725 e. The highest BCUT2D eigenvalue weighted by Crippen LogP contribution is 2.21. The van der Waals surface area contributed by atoms with E-state index >= 15 is 0 Å². The normalized spacial score (nSPS) is 16.5. The molecule has 0 bridgehead atoms. The number of hydrogen-bond acceptors (Lipinski definition) is 1. The molecule has 66 valence electrons. The Morgan fingerprint density at radius 2 is 2.09 bits per heavy atom. The summed E-state index contributed by atoms with van der Waals surface area (Å²) in [6.07, 6.45) is 3.19. The number of hydrogen-bond donors (Lipinski definition) is 0. The summed E-state index contributed by atoms with van der Waals surface area (Å²) in [5.74, 6) is 0.667. The van der Waals surface area contributed by atoms with Gasteiger partial charge in [0.25, 0.3) is 0 Å². The molecule has 0 rings (SSSR count). The van der Waals surface area contributed by atoms with Gasteiger partial charge in [0.1, 0.15) is 0 Å². The predicted molar refractivity (Wildman–Crippen MR) is 58.3 cm³/mol. The Morgan fingerprint density at radius 3 is 2.36 bits per heavy atom. The second-order valence-corrected chi connectivity index (χ2v) is 4.43. The molecule has 0 aromatic carbocycles. The van der Waals surface area contributed by atoms with E-state index in [0.29, 0.717) is 15.9 Å². The van der Waals surface area contributed by atoms with Gasteiger partial charge >= 0.3 is 0 Å². The van der Waals surface area contributed by atoms with Crippen LogP contribution in [0.25, 0.3) is 0 Å². The van der Waals surface area contributed by atoms with Gasteiger partial charge in [-0.3, -0.25) is 0 Å². The first-order chi connectivity index (χ1) is 5.13. The number of ether oxygens (including phenoxy) is 1. The molecule has 2 heteroatoms. The summed E-state index contributed by atoms with van der Waals surface area (Å²) in [6.45, 7) is 8.14. The molecular weight excluding hydrogens is 251 g/mol. The van der Waals surface area contributed by atoms with Gasteiger partial charge in [0.05, 0.1) is 6.10 Å². The lowest BCUT2D eigenvalue weighted by Crippen LogP contribution is -2.26. The number of alkyl halides is 1. The van der Waals surface area contributed by atoms with E-state index in [1.807, 2.05) is 6.08 Å². The van der Waals surface area contributed by atoms with Crippen LogP contribution in [-0.2, 0) is 4.74 Å². The summed E-state index contributed by atoms with van der Waals surface area (Å²) < 4.78 is 5.91. The highest BCUT2D eigenvalue weighted by Gasteiger charge is 2.19. The van der Waals surface area contributed by atoms with E-state index in [-0.39, 0.29) is 0 Å². The Balaban J connectivity index is 3.90. The van der Waals surface area contributed by atoms with E-state index in [1.165, 1.54) is 0 Å². The fraction of sp³-hybridized carbons (Fsp3) is 0.778. The van der Waals surface area contributed by atoms with Crippen LogP contribution < -0.4 is 0 Å². The van der Waals surface area contributed by atoms with Crippen molar-refractivity contribution in [2.75, 3.05) is 7.11 Å². The number of halogens is 1. The van der Waals surface area contributed by atoms with Gasteiger partial charge in [-0.25, -0.2) is 0 Å². The van der Waals surface area contributed by atoms with Crippen molar-refractivity contribution in [2.45, 2.75) is 30.3 Å². The molecule has 0 saturated carbocycles.